The van der Waals surface area contributed by atoms with Gasteiger partial charge in [0.15, 0.2) is 0 Å². The molecule has 1 fully saturated rings. The van der Waals surface area contributed by atoms with Gasteiger partial charge < -0.3 is 10.5 Å². The first-order valence-electron chi connectivity index (χ1n) is 6.50. The van der Waals surface area contributed by atoms with Crippen LogP contribution >= 0.6 is 0 Å². The number of ether oxygens (including phenoxy) is 1. The Bertz CT molecular complexity index is 537. The highest BCUT2D eigenvalue weighted by molar-refractivity contribution is 7.92. The Balaban J connectivity index is 2.04. The molecule has 0 amide bonds. The smallest absolute Gasteiger partial charge is 0.235 e. The summed E-state index contributed by atoms with van der Waals surface area (Å²) in [5.41, 5.74) is 7.99. The molecule has 1 atom stereocenters. The lowest BCUT2D eigenvalue weighted by atomic mass is 10.1. The number of anilines is 2. The van der Waals surface area contributed by atoms with Crippen LogP contribution < -0.4 is 10.5 Å². The monoisotopic (exact) mass is 284 g/mol. The standard InChI is InChI=1S/C13H20N2O3S/c1-2-10-5-6-11(8-13(10)14)15-19(16,17)9-12-4-3-7-18-12/h5-6,8,12,15H,2-4,7,9,14H2,1H3. The number of hydrogen-bond acceptors (Lipinski definition) is 4. The zero-order valence-electron chi connectivity index (χ0n) is 11.1. The second-order valence-electron chi connectivity index (χ2n) is 4.79. The molecule has 19 heavy (non-hydrogen) atoms. The Hall–Kier alpha value is -1.27. The normalized spacial score (nSPS) is 19.5. The Kier molecular flexibility index (Phi) is 4.31. The lowest BCUT2D eigenvalue weighted by Crippen LogP contribution is -2.25. The van der Waals surface area contributed by atoms with Crippen molar-refractivity contribution in [3.8, 4) is 0 Å². The number of aryl methyl sites for hydroxylation is 1. The van der Waals surface area contributed by atoms with Crippen molar-refractivity contribution in [2.24, 2.45) is 0 Å². The highest BCUT2D eigenvalue weighted by Crippen LogP contribution is 2.21. The number of nitrogen functional groups attached to an aromatic ring is 1. The van der Waals surface area contributed by atoms with E-state index in [9.17, 15) is 8.42 Å². The molecule has 0 aromatic heterocycles. The van der Waals surface area contributed by atoms with Crippen molar-refractivity contribution in [1.82, 2.24) is 0 Å². The first-order valence-corrected chi connectivity index (χ1v) is 8.16. The van der Waals surface area contributed by atoms with Gasteiger partial charge in [-0.05, 0) is 37.0 Å². The van der Waals surface area contributed by atoms with Crippen molar-refractivity contribution in [2.75, 3.05) is 22.8 Å². The number of rotatable bonds is 5. The molecule has 1 aromatic carbocycles. The number of nitrogens with one attached hydrogen (secondary N) is 1. The summed E-state index contributed by atoms with van der Waals surface area (Å²) in [6.07, 6.45) is 2.37. The first-order chi connectivity index (χ1) is 9.00. The third kappa shape index (κ3) is 3.84. The van der Waals surface area contributed by atoms with Gasteiger partial charge in [0.2, 0.25) is 10.0 Å². The lowest BCUT2D eigenvalue weighted by molar-refractivity contribution is 0.127. The molecule has 0 spiro atoms. The number of benzene rings is 1. The van der Waals surface area contributed by atoms with Crippen LogP contribution in [0.3, 0.4) is 0 Å². The highest BCUT2D eigenvalue weighted by Gasteiger charge is 2.23. The van der Waals surface area contributed by atoms with Crippen LogP contribution in [0.25, 0.3) is 0 Å². The van der Waals surface area contributed by atoms with Gasteiger partial charge in [0, 0.05) is 12.3 Å². The molecule has 6 heteroatoms. The SMILES string of the molecule is CCc1ccc(NS(=O)(=O)CC2CCCO2)cc1N. The molecule has 1 heterocycles. The molecule has 0 saturated carbocycles. The molecule has 1 aliphatic heterocycles. The van der Waals surface area contributed by atoms with Crippen LogP contribution in [0.5, 0.6) is 0 Å². The lowest BCUT2D eigenvalue weighted by Gasteiger charge is -2.13. The van der Waals surface area contributed by atoms with Crippen LogP contribution in [0.4, 0.5) is 11.4 Å². The molecule has 1 unspecified atom stereocenters. The second kappa shape index (κ2) is 5.79. The molecule has 2 rings (SSSR count). The van der Waals surface area contributed by atoms with E-state index in [1.54, 1.807) is 12.1 Å². The van der Waals surface area contributed by atoms with E-state index < -0.39 is 10.0 Å². The van der Waals surface area contributed by atoms with Gasteiger partial charge in [-0.3, -0.25) is 4.72 Å². The third-order valence-electron chi connectivity index (χ3n) is 3.23. The number of hydrogen-bond donors (Lipinski definition) is 2. The van der Waals surface area contributed by atoms with Gasteiger partial charge in [0.05, 0.1) is 17.5 Å². The van der Waals surface area contributed by atoms with Crippen molar-refractivity contribution < 1.29 is 13.2 Å². The van der Waals surface area contributed by atoms with Gasteiger partial charge in [0.25, 0.3) is 0 Å². The van der Waals surface area contributed by atoms with Gasteiger partial charge in [-0.2, -0.15) is 0 Å². The second-order valence-corrected chi connectivity index (χ2v) is 6.55. The van der Waals surface area contributed by atoms with Crippen LogP contribution in [0.15, 0.2) is 18.2 Å². The quantitative estimate of drug-likeness (QED) is 0.807. The van der Waals surface area contributed by atoms with E-state index in [-0.39, 0.29) is 11.9 Å². The van der Waals surface area contributed by atoms with Crippen molar-refractivity contribution >= 4 is 21.4 Å². The first kappa shape index (κ1) is 14.1. The minimum atomic E-state index is -3.38. The minimum Gasteiger partial charge on any atom is -0.398 e. The number of nitrogens with two attached hydrogens (primary N) is 1. The van der Waals surface area contributed by atoms with Crippen LogP contribution in [-0.2, 0) is 21.2 Å². The zero-order chi connectivity index (χ0) is 13.9. The molecule has 0 aliphatic carbocycles. The van der Waals surface area contributed by atoms with Crippen LogP contribution in [-0.4, -0.2) is 26.9 Å². The topological polar surface area (TPSA) is 81.4 Å². The summed E-state index contributed by atoms with van der Waals surface area (Å²) in [6, 6.07) is 5.24. The average molecular weight is 284 g/mol. The van der Waals surface area contributed by atoms with Gasteiger partial charge in [-0.1, -0.05) is 13.0 Å². The maximum atomic E-state index is 12.0. The maximum Gasteiger partial charge on any atom is 0.235 e. The van der Waals surface area contributed by atoms with Gasteiger partial charge in [-0.25, -0.2) is 8.42 Å². The van der Waals surface area contributed by atoms with Crippen molar-refractivity contribution in [1.29, 1.82) is 0 Å². The van der Waals surface area contributed by atoms with E-state index in [4.69, 9.17) is 10.5 Å². The largest absolute Gasteiger partial charge is 0.398 e. The predicted molar refractivity (Wildman–Crippen MR) is 76.6 cm³/mol. The van der Waals surface area contributed by atoms with Gasteiger partial charge >= 0.3 is 0 Å². The van der Waals surface area contributed by atoms with Crippen molar-refractivity contribution in [3.05, 3.63) is 23.8 Å². The molecule has 5 nitrogen and oxygen atoms in total. The maximum absolute atomic E-state index is 12.0. The fourth-order valence-corrected chi connectivity index (χ4v) is 3.54. The summed E-state index contributed by atoms with van der Waals surface area (Å²) in [4.78, 5) is 0. The Morgan fingerprint density at radius 2 is 2.26 bits per heavy atom. The average Bonchev–Trinajstić information content (AvgIpc) is 2.80. The van der Waals surface area contributed by atoms with Crippen LogP contribution in [0.2, 0.25) is 0 Å². The van der Waals surface area contributed by atoms with E-state index in [0.717, 1.165) is 24.8 Å². The van der Waals surface area contributed by atoms with Crippen LogP contribution in [0, 0.1) is 0 Å². The summed E-state index contributed by atoms with van der Waals surface area (Å²) in [6.45, 7) is 2.66. The van der Waals surface area contributed by atoms with Crippen molar-refractivity contribution in [3.63, 3.8) is 0 Å². The summed E-state index contributed by atoms with van der Waals surface area (Å²) in [7, 11) is -3.38. The predicted octanol–water partition coefficient (Wildman–Crippen LogP) is 1.75. The van der Waals surface area contributed by atoms with E-state index in [2.05, 4.69) is 4.72 Å². The Morgan fingerprint density at radius 3 is 2.84 bits per heavy atom. The summed E-state index contributed by atoms with van der Waals surface area (Å²) < 4.78 is 31.9. The highest BCUT2D eigenvalue weighted by atomic mass is 32.2. The van der Waals surface area contributed by atoms with Crippen molar-refractivity contribution in [2.45, 2.75) is 32.3 Å². The van der Waals surface area contributed by atoms with E-state index in [1.807, 2.05) is 13.0 Å². The van der Waals surface area contributed by atoms with Gasteiger partial charge in [0.1, 0.15) is 0 Å². The fourth-order valence-electron chi connectivity index (χ4n) is 2.22. The molecule has 3 N–H and O–H groups in total. The molecule has 0 bridgehead atoms. The molecule has 1 aromatic rings. The Morgan fingerprint density at radius 1 is 1.47 bits per heavy atom. The minimum absolute atomic E-state index is 0.00241. The van der Waals surface area contributed by atoms with Crippen LogP contribution in [0.1, 0.15) is 25.3 Å². The fraction of sp³-hybridized carbons (Fsp3) is 0.538. The summed E-state index contributed by atoms with van der Waals surface area (Å²) in [5.74, 6) is 0.00241. The zero-order valence-corrected chi connectivity index (χ0v) is 11.9. The van der Waals surface area contributed by atoms with E-state index >= 15 is 0 Å². The van der Waals surface area contributed by atoms with Gasteiger partial charge in [-0.15, -0.1) is 0 Å². The van der Waals surface area contributed by atoms with E-state index in [0.29, 0.717) is 18.0 Å². The summed E-state index contributed by atoms with van der Waals surface area (Å²) >= 11 is 0. The van der Waals surface area contributed by atoms with E-state index in [1.165, 1.54) is 0 Å². The number of sulfonamides is 1. The summed E-state index contributed by atoms with van der Waals surface area (Å²) in [5, 5.41) is 0. The molecule has 0 radical (unpaired) electrons. The third-order valence-corrected chi connectivity index (χ3v) is 4.59. The molecule has 106 valence electrons. The molecular formula is C13H20N2O3S. The molecule has 1 saturated heterocycles. The molecular weight excluding hydrogens is 264 g/mol. The Labute approximate surface area is 114 Å². The molecule has 1 aliphatic rings.